The molecule has 3 aromatic rings. The van der Waals surface area contributed by atoms with Crippen LogP contribution in [-0.4, -0.2) is 10.9 Å². The van der Waals surface area contributed by atoms with Gasteiger partial charge in [0.15, 0.2) is 0 Å². The number of nitro benzene ring substituents is 1. The highest BCUT2D eigenvalue weighted by molar-refractivity contribution is 6.04. The molecule has 0 fully saturated rings. The second kappa shape index (κ2) is 7.00. The van der Waals surface area contributed by atoms with Gasteiger partial charge in [0, 0.05) is 23.3 Å². The van der Waals surface area contributed by atoms with E-state index in [0.29, 0.717) is 28.4 Å². The molecule has 1 aliphatic heterocycles. The number of hydrogen-bond acceptors (Lipinski definition) is 5. The molecule has 0 saturated heterocycles. The zero-order valence-electron chi connectivity index (χ0n) is 14.9. The van der Waals surface area contributed by atoms with Gasteiger partial charge in [-0.1, -0.05) is 42.0 Å². The minimum atomic E-state index is -0.457. The van der Waals surface area contributed by atoms with E-state index >= 15 is 0 Å². The predicted octanol–water partition coefficient (Wildman–Crippen LogP) is 5.14. The molecule has 6 nitrogen and oxygen atoms in total. The second-order valence-corrected chi connectivity index (χ2v) is 6.37. The van der Waals surface area contributed by atoms with Crippen LogP contribution in [-0.2, 0) is 9.53 Å². The van der Waals surface area contributed by atoms with Crippen molar-refractivity contribution in [2.45, 2.75) is 6.92 Å². The summed E-state index contributed by atoms with van der Waals surface area (Å²) < 4.78 is 11.1. The summed E-state index contributed by atoms with van der Waals surface area (Å²) in [5.41, 5.74) is 2.88. The normalized spacial score (nSPS) is 14.8. The Morgan fingerprint density at radius 1 is 1.00 bits per heavy atom. The van der Waals surface area contributed by atoms with E-state index in [0.717, 1.165) is 11.1 Å². The van der Waals surface area contributed by atoms with Crippen molar-refractivity contribution < 1.29 is 18.9 Å². The maximum Gasteiger partial charge on any atom is 0.343 e. The highest BCUT2D eigenvalue weighted by atomic mass is 16.6. The van der Waals surface area contributed by atoms with E-state index in [9.17, 15) is 14.9 Å². The summed E-state index contributed by atoms with van der Waals surface area (Å²) in [5, 5.41) is 10.9. The highest BCUT2D eigenvalue weighted by Crippen LogP contribution is 2.30. The Morgan fingerprint density at radius 2 is 1.79 bits per heavy atom. The van der Waals surface area contributed by atoms with Crippen LogP contribution in [0.25, 0.3) is 23.2 Å². The first-order valence-corrected chi connectivity index (χ1v) is 8.57. The van der Waals surface area contributed by atoms with Crippen LogP contribution < -0.4 is 0 Å². The number of rotatable bonds is 4. The van der Waals surface area contributed by atoms with Crippen molar-refractivity contribution >= 4 is 23.5 Å². The van der Waals surface area contributed by atoms with Gasteiger partial charge in [0.05, 0.1) is 10.5 Å². The fraction of sp³-hybridized carbons (Fsp3) is 0.0455. The van der Waals surface area contributed by atoms with Crippen LogP contribution in [0.3, 0.4) is 0 Å². The number of nitrogens with zero attached hydrogens (tertiary/aromatic N) is 1. The Balaban J connectivity index is 1.61. The Hall–Kier alpha value is -3.93. The molecule has 0 N–H and O–H groups in total. The number of hydrogen-bond donors (Lipinski definition) is 0. The molecule has 1 aliphatic rings. The van der Waals surface area contributed by atoms with Gasteiger partial charge in [-0.3, -0.25) is 10.1 Å². The van der Waals surface area contributed by atoms with E-state index in [-0.39, 0.29) is 5.69 Å². The molecule has 0 unspecified atom stereocenters. The standard InChI is InChI=1S/C22H15NO5/c1-14-5-7-15(8-6-14)21-13-17(22(24)28-21)12-19-9-10-20(27-19)16-3-2-4-18(11-16)23(25)26/h2-13H,1H3/b17-12+. The Labute approximate surface area is 160 Å². The third-order valence-electron chi connectivity index (χ3n) is 4.33. The van der Waals surface area contributed by atoms with E-state index in [1.165, 1.54) is 12.1 Å². The lowest BCUT2D eigenvalue weighted by atomic mass is 10.1. The van der Waals surface area contributed by atoms with Crippen LogP contribution in [0.5, 0.6) is 0 Å². The second-order valence-electron chi connectivity index (χ2n) is 6.37. The SMILES string of the molecule is Cc1ccc(C2=C/C(=C\c3ccc(-c4cccc([N+](=O)[O-])c4)o3)C(=O)O2)cc1. The molecule has 0 atom stereocenters. The van der Waals surface area contributed by atoms with Crippen molar-refractivity contribution in [1.82, 2.24) is 0 Å². The molecule has 0 bridgehead atoms. The number of carbonyl (C=O) groups excluding carboxylic acids is 1. The zero-order valence-corrected chi connectivity index (χ0v) is 14.9. The van der Waals surface area contributed by atoms with Gasteiger partial charge in [0.25, 0.3) is 5.69 Å². The van der Waals surface area contributed by atoms with E-state index < -0.39 is 10.9 Å². The lowest BCUT2D eigenvalue weighted by Gasteiger charge is -2.01. The minimum absolute atomic E-state index is 0.0150. The maximum atomic E-state index is 12.2. The highest BCUT2D eigenvalue weighted by Gasteiger charge is 2.22. The average Bonchev–Trinajstić information content (AvgIpc) is 3.30. The fourth-order valence-corrected chi connectivity index (χ4v) is 2.86. The number of ether oxygens (including phenoxy) is 1. The molecule has 0 aliphatic carbocycles. The number of carbonyl (C=O) groups is 1. The molecule has 0 spiro atoms. The molecule has 4 rings (SSSR count). The van der Waals surface area contributed by atoms with Crippen LogP contribution >= 0.6 is 0 Å². The zero-order chi connectivity index (χ0) is 19.7. The smallest absolute Gasteiger partial charge is 0.343 e. The molecular weight excluding hydrogens is 358 g/mol. The number of non-ortho nitro benzene ring substituents is 1. The molecule has 6 heteroatoms. The summed E-state index contributed by atoms with van der Waals surface area (Å²) in [6.45, 7) is 1.99. The van der Waals surface area contributed by atoms with Crippen molar-refractivity contribution in [3.05, 3.63) is 99.3 Å². The quantitative estimate of drug-likeness (QED) is 0.273. The molecule has 138 valence electrons. The lowest BCUT2D eigenvalue weighted by molar-refractivity contribution is -0.384. The molecule has 0 saturated carbocycles. The Morgan fingerprint density at radius 3 is 2.54 bits per heavy atom. The van der Waals surface area contributed by atoms with Gasteiger partial charge in [-0.15, -0.1) is 0 Å². The Kier molecular flexibility index (Phi) is 4.37. The van der Waals surface area contributed by atoms with Crippen LogP contribution in [0.1, 0.15) is 16.9 Å². The van der Waals surface area contributed by atoms with Crippen molar-refractivity contribution in [2.24, 2.45) is 0 Å². The molecule has 0 radical (unpaired) electrons. The van der Waals surface area contributed by atoms with Crippen molar-refractivity contribution in [3.63, 3.8) is 0 Å². The predicted molar refractivity (Wildman–Crippen MR) is 104 cm³/mol. The van der Waals surface area contributed by atoms with E-state index in [4.69, 9.17) is 9.15 Å². The maximum absolute atomic E-state index is 12.2. The van der Waals surface area contributed by atoms with Gasteiger partial charge in [-0.2, -0.15) is 0 Å². The van der Waals surface area contributed by atoms with Crippen LogP contribution in [0.4, 0.5) is 5.69 Å². The van der Waals surface area contributed by atoms with Gasteiger partial charge in [0.2, 0.25) is 0 Å². The minimum Gasteiger partial charge on any atom is -0.457 e. The third-order valence-corrected chi connectivity index (χ3v) is 4.33. The van der Waals surface area contributed by atoms with Crippen molar-refractivity contribution in [3.8, 4) is 11.3 Å². The molecular formula is C22H15NO5. The van der Waals surface area contributed by atoms with Gasteiger partial charge in [-0.25, -0.2) is 4.79 Å². The first-order chi connectivity index (χ1) is 13.5. The topological polar surface area (TPSA) is 82.6 Å². The third kappa shape index (κ3) is 3.48. The number of esters is 1. The van der Waals surface area contributed by atoms with Gasteiger partial charge in [0.1, 0.15) is 17.3 Å². The number of benzene rings is 2. The van der Waals surface area contributed by atoms with Gasteiger partial charge in [-0.05, 0) is 31.2 Å². The monoisotopic (exact) mass is 373 g/mol. The Bertz CT molecular complexity index is 1140. The molecule has 1 aromatic heterocycles. The van der Waals surface area contributed by atoms with E-state index in [1.807, 2.05) is 31.2 Å². The van der Waals surface area contributed by atoms with Crippen molar-refractivity contribution in [1.29, 1.82) is 0 Å². The lowest BCUT2D eigenvalue weighted by Crippen LogP contribution is -1.96. The van der Waals surface area contributed by atoms with Gasteiger partial charge < -0.3 is 9.15 Å². The summed E-state index contributed by atoms with van der Waals surface area (Å²) in [4.78, 5) is 22.6. The molecule has 28 heavy (non-hydrogen) atoms. The van der Waals surface area contributed by atoms with Gasteiger partial charge >= 0.3 is 5.97 Å². The van der Waals surface area contributed by atoms with Crippen LogP contribution in [0.2, 0.25) is 0 Å². The first-order valence-electron chi connectivity index (χ1n) is 8.57. The summed E-state index contributed by atoms with van der Waals surface area (Å²) in [7, 11) is 0. The molecule has 2 heterocycles. The molecule has 0 amide bonds. The average molecular weight is 373 g/mol. The summed E-state index contributed by atoms with van der Waals surface area (Å²) in [6.07, 6.45) is 3.26. The number of cyclic esters (lactones) is 1. The summed E-state index contributed by atoms with van der Waals surface area (Å²) >= 11 is 0. The largest absolute Gasteiger partial charge is 0.457 e. The van der Waals surface area contributed by atoms with E-state index in [1.54, 1.807) is 36.4 Å². The fourth-order valence-electron chi connectivity index (χ4n) is 2.86. The number of aryl methyl sites for hydroxylation is 1. The summed E-state index contributed by atoms with van der Waals surface area (Å²) in [5.74, 6) is 0.963. The van der Waals surface area contributed by atoms with Crippen molar-refractivity contribution in [2.75, 3.05) is 0 Å². The van der Waals surface area contributed by atoms with Crippen LogP contribution in [0, 0.1) is 17.0 Å². The van der Waals surface area contributed by atoms with E-state index in [2.05, 4.69) is 0 Å². The van der Waals surface area contributed by atoms with Crippen LogP contribution in [0.15, 0.2) is 76.7 Å². The first kappa shape index (κ1) is 17.5. The summed E-state index contributed by atoms with van der Waals surface area (Å²) in [6, 6.07) is 17.3. The number of nitro groups is 1. The number of furan rings is 1. The molecule has 2 aromatic carbocycles.